The Morgan fingerprint density at radius 2 is 1.68 bits per heavy atom. The molecule has 6 nitrogen and oxygen atoms in total. The Morgan fingerprint density at radius 1 is 1.11 bits per heavy atom. The zero-order chi connectivity index (χ0) is 20.9. The molecule has 0 spiro atoms. The number of nitrogen functional groups attached to an aromatic ring is 1. The second kappa shape index (κ2) is 6.62. The molecule has 0 aliphatic heterocycles. The number of fused-ring (bicyclic) bond motifs is 1. The van der Waals surface area contributed by atoms with Crippen molar-refractivity contribution in [1.29, 1.82) is 0 Å². The summed E-state index contributed by atoms with van der Waals surface area (Å²) in [5.41, 5.74) is 7.81. The average molecular weight is 380 g/mol. The lowest BCUT2D eigenvalue weighted by Crippen LogP contribution is -2.24. The highest BCUT2D eigenvalue weighted by atomic mass is 16.3. The molecule has 3 rings (SSSR count). The summed E-state index contributed by atoms with van der Waals surface area (Å²) in [6.45, 7) is 12.0. The Hall–Kier alpha value is -2.89. The maximum atomic E-state index is 13.1. The monoisotopic (exact) mass is 380 g/mol. The highest BCUT2D eigenvalue weighted by Crippen LogP contribution is 2.38. The molecule has 2 heterocycles. The first kappa shape index (κ1) is 19.9. The number of hydrogen-bond donors (Lipinski definition) is 1. The minimum absolute atomic E-state index is 0.0147. The fourth-order valence-electron chi connectivity index (χ4n) is 3.31. The topological polar surface area (TPSA) is 88.1 Å². The Bertz CT molecular complexity index is 1020. The number of ketones is 1. The van der Waals surface area contributed by atoms with E-state index in [-0.39, 0.29) is 28.9 Å². The van der Waals surface area contributed by atoms with E-state index >= 15 is 0 Å². The van der Waals surface area contributed by atoms with Gasteiger partial charge in [-0.25, -0.2) is 0 Å². The van der Waals surface area contributed by atoms with E-state index in [0.29, 0.717) is 22.6 Å². The van der Waals surface area contributed by atoms with Crippen molar-refractivity contribution < 1.29 is 14.3 Å². The summed E-state index contributed by atoms with van der Waals surface area (Å²) < 4.78 is 3.32. The van der Waals surface area contributed by atoms with Crippen LogP contribution >= 0.6 is 0 Å². The van der Waals surface area contributed by atoms with Crippen molar-refractivity contribution in [2.75, 3.05) is 5.73 Å². The van der Waals surface area contributed by atoms with E-state index in [0.717, 1.165) is 5.65 Å². The number of rotatable bonds is 3. The van der Waals surface area contributed by atoms with Crippen LogP contribution < -0.4 is 15.2 Å². The van der Waals surface area contributed by atoms with Crippen molar-refractivity contribution in [2.24, 2.45) is 0 Å². The zero-order valence-corrected chi connectivity index (χ0v) is 17.4. The van der Waals surface area contributed by atoms with E-state index in [1.807, 2.05) is 59.7 Å². The standard InChI is InChI=1S/C22H28N4O2/c1-21(2,3)15-11-14(12-16(19(15)28)22(4,5)6)17(27)13-26-18-9-7-8-10-25(18)20(23)24-26/h7-12H,13H2,1-6H3,(H2-,23,24,27,28). The average Bonchev–Trinajstić information content (AvgIpc) is 2.89. The van der Waals surface area contributed by atoms with Gasteiger partial charge < -0.3 is 10.8 Å². The van der Waals surface area contributed by atoms with Crippen LogP contribution in [-0.2, 0) is 17.4 Å². The van der Waals surface area contributed by atoms with Gasteiger partial charge in [-0.3, -0.25) is 4.79 Å². The van der Waals surface area contributed by atoms with Crippen molar-refractivity contribution in [2.45, 2.75) is 58.9 Å². The van der Waals surface area contributed by atoms with E-state index < -0.39 is 0 Å². The summed E-state index contributed by atoms with van der Waals surface area (Å²) in [4.78, 5) is 13.1. The Labute approximate surface area is 165 Å². The number of carbonyl (C=O) groups excluding carboxylic acids is 1. The molecule has 0 aliphatic rings. The molecule has 28 heavy (non-hydrogen) atoms. The van der Waals surface area contributed by atoms with Crippen molar-refractivity contribution in [3.63, 3.8) is 0 Å². The molecule has 6 heteroatoms. The molecular formula is C22H28N4O2. The Morgan fingerprint density at radius 3 is 2.21 bits per heavy atom. The summed E-state index contributed by atoms with van der Waals surface area (Å²) in [7, 11) is 0. The first-order valence-corrected chi connectivity index (χ1v) is 9.41. The third-order valence-corrected chi connectivity index (χ3v) is 4.89. The van der Waals surface area contributed by atoms with E-state index in [1.54, 1.807) is 27.4 Å². The fraction of sp³-hybridized carbons (Fsp3) is 0.409. The first-order chi connectivity index (χ1) is 12.9. The molecule has 1 aromatic carbocycles. The highest BCUT2D eigenvalue weighted by Gasteiger charge is 2.25. The van der Waals surface area contributed by atoms with Crippen LogP contribution in [0.4, 0.5) is 5.95 Å². The SMILES string of the molecule is CC(C)(C)c1cc(C(=O)Cn2nc(N)[n+]3ccccc23)cc(C(C)(C)C)c1[O-]. The fourth-order valence-corrected chi connectivity index (χ4v) is 3.31. The van der Waals surface area contributed by atoms with E-state index in [1.165, 1.54) is 0 Å². The third-order valence-electron chi connectivity index (χ3n) is 4.89. The van der Waals surface area contributed by atoms with Crippen molar-refractivity contribution in [3.05, 3.63) is 53.2 Å². The Balaban J connectivity index is 2.08. The number of pyridine rings is 1. The van der Waals surface area contributed by atoms with Crippen LogP contribution in [0.2, 0.25) is 0 Å². The molecule has 3 aromatic rings. The van der Waals surface area contributed by atoms with Crippen molar-refractivity contribution in [1.82, 2.24) is 9.78 Å². The summed E-state index contributed by atoms with van der Waals surface area (Å²) in [5, 5.41) is 17.3. The number of aromatic nitrogens is 3. The van der Waals surface area contributed by atoms with Gasteiger partial charge in [0.25, 0.3) is 0 Å². The van der Waals surface area contributed by atoms with E-state index in [2.05, 4.69) is 5.10 Å². The van der Waals surface area contributed by atoms with Crippen LogP contribution in [0.3, 0.4) is 0 Å². The van der Waals surface area contributed by atoms with Crippen LogP contribution in [0.15, 0.2) is 36.5 Å². The van der Waals surface area contributed by atoms with Gasteiger partial charge in [0.05, 0.1) is 6.20 Å². The predicted molar refractivity (Wildman–Crippen MR) is 107 cm³/mol. The largest absolute Gasteiger partial charge is 0.872 e. The molecule has 0 fully saturated rings. The van der Waals surface area contributed by atoms with Gasteiger partial charge in [0, 0.05) is 16.7 Å². The van der Waals surface area contributed by atoms with Gasteiger partial charge in [0.2, 0.25) is 5.65 Å². The zero-order valence-electron chi connectivity index (χ0n) is 17.4. The first-order valence-electron chi connectivity index (χ1n) is 9.41. The van der Waals surface area contributed by atoms with Crippen LogP contribution in [0.1, 0.15) is 63.0 Å². The number of hydrogen-bond acceptors (Lipinski definition) is 4. The maximum Gasteiger partial charge on any atom is 0.380 e. The molecule has 0 unspecified atom stereocenters. The van der Waals surface area contributed by atoms with Crippen LogP contribution in [0.5, 0.6) is 5.75 Å². The van der Waals surface area contributed by atoms with E-state index in [4.69, 9.17) is 5.73 Å². The van der Waals surface area contributed by atoms with Gasteiger partial charge in [0.1, 0.15) is 0 Å². The second-order valence-electron chi connectivity index (χ2n) is 9.27. The molecule has 0 bridgehead atoms. The smallest absolute Gasteiger partial charge is 0.380 e. The number of Topliss-reactive ketones (excluding diaryl/α,β-unsaturated/α-hetero) is 1. The normalized spacial score (nSPS) is 12.5. The lowest BCUT2D eigenvalue weighted by Gasteiger charge is -2.33. The van der Waals surface area contributed by atoms with Crippen molar-refractivity contribution in [3.8, 4) is 5.75 Å². The second-order valence-corrected chi connectivity index (χ2v) is 9.27. The number of nitrogens with zero attached hydrogens (tertiary/aromatic N) is 3. The van der Waals surface area contributed by atoms with Gasteiger partial charge in [-0.05, 0) is 40.2 Å². The summed E-state index contributed by atoms with van der Waals surface area (Å²) in [6.07, 6.45) is 1.81. The molecule has 0 saturated heterocycles. The number of nitrogens with two attached hydrogens (primary N) is 1. The number of benzene rings is 1. The van der Waals surface area contributed by atoms with Crippen LogP contribution in [-0.4, -0.2) is 15.6 Å². The van der Waals surface area contributed by atoms with Crippen molar-refractivity contribution >= 4 is 17.4 Å². The lowest BCUT2D eigenvalue weighted by molar-refractivity contribution is -0.496. The quantitative estimate of drug-likeness (QED) is 0.559. The van der Waals surface area contributed by atoms with Gasteiger partial charge in [-0.2, -0.15) is 4.40 Å². The number of carbonyl (C=O) groups is 1. The summed E-state index contributed by atoms with van der Waals surface area (Å²) in [6, 6.07) is 9.07. The molecule has 0 amide bonds. The van der Waals surface area contributed by atoms with E-state index in [9.17, 15) is 9.90 Å². The van der Waals surface area contributed by atoms with Gasteiger partial charge in [0.15, 0.2) is 12.3 Å². The van der Waals surface area contributed by atoms with Gasteiger partial charge in [-0.1, -0.05) is 47.6 Å². The minimum Gasteiger partial charge on any atom is -0.872 e. The molecule has 148 valence electrons. The van der Waals surface area contributed by atoms with Gasteiger partial charge in [-0.15, -0.1) is 10.4 Å². The molecule has 2 aromatic heterocycles. The van der Waals surface area contributed by atoms with Crippen LogP contribution in [0, 0.1) is 0 Å². The molecule has 2 N–H and O–H groups in total. The highest BCUT2D eigenvalue weighted by molar-refractivity contribution is 5.97. The number of anilines is 1. The minimum atomic E-state index is -0.355. The molecular weight excluding hydrogens is 352 g/mol. The molecule has 0 aliphatic carbocycles. The maximum absolute atomic E-state index is 13.1. The lowest BCUT2D eigenvalue weighted by atomic mass is 9.78. The van der Waals surface area contributed by atoms with Gasteiger partial charge >= 0.3 is 5.95 Å². The molecule has 0 atom stereocenters. The van der Waals surface area contributed by atoms with Crippen LogP contribution in [0.25, 0.3) is 5.65 Å². The predicted octanol–water partition coefficient (Wildman–Crippen LogP) is 2.76. The Kier molecular flexibility index (Phi) is 4.69. The summed E-state index contributed by atoms with van der Waals surface area (Å²) in [5.74, 6) is 0.231. The molecule has 0 saturated carbocycles. The third kappa shape index (κ3) is 3.59. The molecule has 0 radical (unpaired) electrons. The summed E-state index contributed by atoms with van der Waals surface area (Å²) >= 11 is 0.